The van der Waals surface area contributed by atoms with Crippen LogP contribution in [-0.2, 0) is 0 Å². The predicted octanol–water partition coefficient (Wildman–Crippen LogP) is 4.45. The van der Waals surface area contributed by atoms with Crippen LogP contribution < -0.4 is 5.32 Å². The summed E-state index contributed by atoms with van der Waals surface area (Å²) in [7, 11) is 2.05. The molecule has 0 amide bonds. The molecule has 16 heavy (non-hydrogen) atoms. The Morgan fingerprint density at radius 3 is 2.50 bits per heavy atom. The van der Waals surface area contributed by atoms with Gasteiger partial charge in [0.05, 0.1) is 0 Å². The monoisotopic (exact) mass is 283 g/mol. The molecule has 0 saturated carbocycles. The fourth-order valence-corrected chi connectivity index (χ4v) is 2.97. The summed E-state index contributed by atoms with van der Waals surface area (Å²) in [6.45, 7) is 6.71. The van der Waals surface area contributed by atoms with Crippen LogP contribution in [0.2, 0.25) is 0 Å². The molecule has 0 heterocycles. The summed E-state index contributed by atoms with van der Waals surface area (Å²) in [4.78, 5) is 0. The Labute approximate surface area is 108 Å². The van der Waals surface area contributed by atoms with Crippen molar-refractivity contribution in [2.75, 3.05) is 7.05 Å². The van der Waals surface area contributed by atoms with Gasteiger partial charge >= 0.3 is 0 Å². The van der Waals surface area contributed by atoms with Crippen LogP contribution in [-0.4, -0.2) is 7.05 Å². The number of rotatable bonds is 5. The lowest BCUT2D eigenvalue weighted by atomic mass is 9.90. The van der Waals surface area contributed by atoms with Crippen molar-refractivity contribution in [2.24, 2.45) is 5.92 Å². The van der Waals surface area contributed by atoms with Gasteiger partial charge in [-0.2, -0.15) is 0 Å². The van der Waals surface area contributed by atoms with Crippen molar-refractivity contribution < 1.29 is 0 Å². The highest BCUT2D eigenvalue weighted by Crippen LogP contribution is 2.28. The van der Waals surface area contributed by atoms with Gasteiger partial charge in [0, 0.05) is 10.5 Å². The Hall–Kier alpha value is -0.340. The molecular formula is C14H22BrN. The van der Waals surface area contributed by atoms with E-state index >= 15 is 0 Å². The zero-order valence-electron chi connectivity index (χ0n) is 10.7. The topological polar surface area (TPSA) is 12.0 Å². The molecule has 1 aromatic rings. The largest absolute Gasteiger partial charge is 0.313 e. The molecule has 2 atom stereocenters. The van der Waals surface area contributed by atoms with Crippen molar-refractivity contribution >= 4 is 15.9 Å². The second kappa shape index (κ2) is 6.41. The van der Waals surface area contributed by atoms with Gasteiger partial charge in [-0.3, -0.25) is 0 Å². The van der Waals surface area contributed by atoms with Crippen LogP contribution >= 0.6 is 15.9 Å². The summed E-state index contributed by atoms with van der Waals surface area (Å²) >= 11 is 3.57. The van der Waals surface area contributed by atoms with Gasteiger partial charge < -0.3 is 5.32 Å². The zero-order valence-corrected chi connectivity index (χ0v) is 12.3. The lowest BCUT2D eigenvalue weighted by molar-refractivity contribution is 0.383. The van der Waals surface area contributed by atoms with E-state index in [0.29, 0.717) is 12.0 Å². The van der Waals surface area contributed by atoms with Gasteiger partial charge in [-0.1, -0.05) is 42.3 Å². The SMILES string of the molecule is CCCC(C)C(NC)c1cc(C)cc(Br)c1. The highest BCUT2D eigenvalue weighted by Gasteiger charge is 2.17. The molecule has 0 aliphatic heterocycles. The highest BCUT2D eigenvalue weighted by atomic mass is 79.9. The lowest BCUT2D eigenvalue weighted by Gasteiger charge is -2.24. The minimum Gasteiger partial charge on any atom is -0.313 e. The fraction of sp³-hybridized carbons (Fsp3) is 0.571. The Morgan fingerprint density at radius 2 is 2.00 bits per heavy atom. The van der Waals surface area contributed by atoms with Gasteiger partial charge in [-0.05, 0) is 49.6 Å². The molecule has 90 valence electrons. The molecule has 0 spiro atoms. The molecule has 0 aliphatic rings. The Kier molecular flexibility index (Phi) is 5.50. The van der Waals surface area contributed by atoms with Crippen molar-refractivity contribution in [1.29, 1.82) is 0 Å². The Bertz CT molecular complexity index is 315. The maximum Gasteiger partial charge on any atom is 0.0343 e. The van der Waals surface area contributed by atoms with E-state index in [2.05, 4.69) is 60.2 Å². The van der Waals surface area contributed by atoms with Crippen LogP contribution in [0.15, 0.2) is 22.7 Å². The Morgan fingerprint density at radius 1 is 1.31 bits per heavy atom. The average molecular weight is 284 g/mol. The molecule has 2 heteroatoms. The van der Waals surface area contributed by atoms with E-state index in [1.807, 2.05) is 7.05 Å². The first kappa shape index (κ1) is 13.7. The molecule has 0 aromatic heterocycles. The number of hydrogen-bond donors (Lipinski definition) is 1. The molecule has 1 nitrogen and oxygen atoms in total. The number of halogens is 1. The first-order valence-electron chi connectivity index (χ1n) is 6.02. The molecule has 0 saturated heterocycles. The summed E-state index contributed by atoms with van der Waals surface area (Å²) in [6.07, 6.45) is 2.50. The van der Waals surface area contributed by atoms with Gasteiger partial charge in [-0.25, -0.2) is 0 Å². The summed E-state index contributed by atoms with van der Waals surface area (Å²) < 4.78 is 1.17. The minimum atomic E-state index is 0.455. The van der Waals surface area contributed by atoms with Gasteiger partial charge in [-0.15, -0.1) is 0 Å². The number of benzene rings is 1. The van der Waals surface area contributed by atoms with Crippen molar-refractivity contribution in [1.82, 2.24) is 5.32 Å². The van der Waals surface area contributed by atoms with Crippen LogP contribution in [0.3, 0.4) is 0 Å². The fourth-order valence-electron chi connectivity index (χ4n) is 2.35. The summed E-state index contributed by atoms with van der Waals surface area (Å²) in [5, 5.41) is 3.44. The van der Waals surface area contributed by atoms with Gasteiger partial charge in [0.2, 0.25) is 0 Å². The van der Waals surface area contributed by atoms with Crippen LogP contribution in [0.1, 0.15) is 43.9 Å². The second-order valence-electron chi connectivity index (χ2n) is 4.59. The number of aryl methyl sites for hydroxylation is 1. The van der Waals surface area contributed by atoms with Crippen LogP contribution in [0.25, 0.3) is 0 Å². The molecular weight excluding hydrogens is 262 g/mol. The number of hydrogen-bond acceptors (Lipinski definition) is 1. The predicted molar refractivity (Wildman–Crippen MR) is 74.8 cm³/mol. The maximum absolute atomic E-state index is 3.57. The molecule has 1 N–H and O–H groups in total. The van der Waals surface area contributed by atoms with E-state index in [9.17, 15) is 0 Å². The van der Waals surface area contributed by atoms with E-state index in [0.717, 1.165) is 0 Å². The lowest BCUT2D eigenvalue weighted by Crippen LogP contribution is -2.23. The molecule has 2 unspecified atom stereocenters. The first-order chi connectivity index (χ1) is 7.58. The minimum absolute atomic E-state index is 0.455. The molecule has 0 fully saturated rings. The van der Waals surface area contributed by atoms with Gasteiger partial charge in [0.1, 0.15) is 0 Å². The Balaban J connectivity index is 2.94. The van der Waals surface area contributed by atoms with Crippen LogP contribution in [0.5, 0.6) is 0 Å². The third kappa shape index (κ3) is 3.60. The highest BCUT2D eigenvalue weighted by molar-refractivity contribution is 9.10. The number of nitrogens with one attached hydrogen (secondary N) is 1. The van der Waals surface area contributed by atoms with Crippen molar-refractivity contribution in [3.05, 3.63) is 33.8 Å². The van der Waals surface area contributed by atoms with E-state index in [4.69, 9.17) is 0 Å². The van der Waals surface area contributed by atoms with Crippen molar-refractivity contribution in [2.45, 2.75) is 39.7 Å². The molecule has 0 radical (unpaired) electrons. The zero-order chi connectivity index (χ0) is 12.1. The third-order valence-electron chi connectivity index (χ3n) is 3.05. The molecule has 1 aromatic carbocycles. The van der Waals surface area contributed by atoms with Crippen LogP contribution in [0.4, 0.5) is 0 Å². The van der Waals surface area contributed by atoms with Crippen LogP contribution in [0, 0.1) is 12.8 Å². The summed E-state index contributed by atoms with van der Waals surface area (Å²) in [5.74, 6) is 0.670. The average Bonchev–Trinajstić information content (AvgIpc) is 2.17. The summed E-state index contributed by atoms with van der Waals surface area (Å²) in [6, 6.07) is 7.11. The van der Waals surface area contributed by atoms with Crippen molar-refractivity contribution in [3.8, 4) is 0 Å². The quantitative estimate of drug-likeness (QED) is 0.842. The standard InChI is InChI=1S/C14H22BrN/c1-5-6-11(3)14(16-4)12-7-10(2)8-13(15)9-12/h7-9,11,14,16H,5-6H2,1-4H3. The van der Waals surface area contributed by atoms with Gasteiger partial charge in [0.15, 0.2) is 0 Å². The molecule has 1 rings (SSSR count). The normalized spacial score (nSPS) is 14.8. The molecule has 0 aliphatic carbocycles. The maximum atomic E-state index is 3.57. The van der Waals surface area contributed by atoms with E-state index in [1.54, 1.807) is 0 Å². The molecule has 0 bridgehead atoms. The smallest absolute Gasteiger partial charge is 0.0343 e. The van der Waals surface area contributed by atoms with Crippen molar-refractivity contribution in [3.63, 3.8) is 0 Å². The van der Waals surface area contributed by atoms with Gasteiger partial charge in [0.25, 0.3) is 0 Å². The first-order valence-corrected chi connectivity index (χ1v) is 6.82. The summed E-state index contributed by atoms with van der Waals surface area (Å²) in [5.41, 5.74) is 2.70. The van der Waals surface area contributed by atoms with E-state index in [-0.39, 0.29) is 0 Å². The van der Waals surface area contributed by atoms with E-state index in [1.165, 1.54) is 28.4 Å². The second-order valence-corrected chi connectivity index (χ2v) is 5.51. The van der Waals surface area contributed by atoms with E-state index < -0.39 is 0 Å². The third-order valence-corrected chi connectivity index (χ3v) is 3.51.